The van der Waals surface area contributed by atoms with E-state index >= 15 is 0 Å². The van der Waals surface area contributed by atoms with Gasteiger partial charge in [-0.2, -0.15) is 0 Å². The molecule has 7 heteroatoms. The summed E-state index contributed by atoms with van der Waals surface area (Å²) in [5.41, 5.74) is 2.85. The van der Waals surface area contributed by atoms with Gasteiger partial charge >= 0.3 is 0 Å². The normalized spacial score (nSPS) is 19.1. The number of carbonyl (C=O) groups excluding carboxylic acids is 2. The Kier molecular flexibility index (Phi) is 7.73. The van der Waals surface area contributed by atoms with Gasteiger partial charge in [0.25, 0.3) is 5.91 Å². The van der Waals surface area contributed by atoms with Crippen LogP contribution in [0.3, 0.4) is 0 Å². The maximum Gasteiger partial charge on any atom is 0.253 e. The van der Waals surface area contributed by atoms with Crippen LogP contribution in [0.1, 0.15) is 46.8 Å². The summed E-state index contributed by atoms with van der Waals surface area (Å²) >= 11 is 0. The molecule has 0 N–H and O–H groups in total. The predicted molar refractivity (Wildman–Crippen MR) is 131 cm³/mol. The summed E-state index contributed by atoms with van der Waals surface area (Å²) in [6, 6.07) is 13.6. The Morgan fingerprint density at radius 3 is 2.56 bits per heavy atom. The van der Waals surface area contributed by atoms with Crippen LogP contribution in [0.2, 0.25) is 0 Å². The SMILES string of the molecule is COc1ccc(C2CCCN2C(=O)CN2CCCN(C(=O)c3cccc(C)c3)CC2)c(OC)c1. The molecule has 0 saturated carbocycles. The van der Waals surface area contributed by atoms with E-state index in [4.69, 9.17) is 9.47 Å². The van der Waals surface area contributed by atoms with Gasteiger partial charge < -0.3 is 19.3 Å². The second kappa shape index (κ2) is 10.9. The van der Waals surface area contributed by atoms with Crippen LogP contribution in [0.25, 0.3) is 0 Å². The Morgan fingerprint density at radius 1 is 0.941 bits per heavy atom. The lowest BCUT2D eigenvalue weighted by atomic mass is 10.0. The Balaban J connectivity index is 1.38. The lowest BCUT2D eigenvalue weighted by Crippen LogP contribution is -2.42. The van der Waals surface area contributed by atoms with Crippen molar-refractivity contribution in [3.63, 3.8) is 0 Å². The van der Waals surface area contributed by atoms with E-state index in [0.29, 0.717) is 26.2 Å². The van der Waals surface area contributed by atoms with E-state index in [1.807, 2.05) is 59.2 Å². The summed E-state index contributed by atoms with van der Waals surface area (Å²) < 4.78 is 10.9. The highest BCUT2D eigenvalue weighted by atomic mass is 16.5. The second-order valence-electron chi connectivity index (χ2n) is 9.14. The van der Waals surface area contributed by atoms with Crippen LogP contribution in [0.15, 0.2) is 42.5 Å². The molecule has 1 atom stereocenters. The molecule has 0 radical (unpaired) electrons. The van der Waals surface area contributed by atoms with Gasteiger partial charge in [0.1, 0.15) is 11.5 Å². The van der Waals surface area contributed by atoms with Crippen molar-refractivity contribution in [2.45, 2.75) is 32.2 Å². The third-order valence-corrected chi connectivity index (χ3v) is 6.87. The number of rotatable bonds is 6. The van der Waals surface area contributed by atoms with E-state index in [1.54, 1.807) is 14.2 Å². The van der Waals surface area contributed by atoms with Gasteiger partial charge in [-0.3, -0.25) is 14.5 Å². The summed E-state index contributed by atoms with van der Waals surface area (Å²) in [4.78, 5) is 32.4. The van der Waals surface area contributed by atoms with Gasteiger partial charge in [-0.15, -0.1) is 0 Å². The predicted octanol–water partition coefficient (Wildman–Crippen LogP) is 3.52. The van der Waals surface area contributed by atoms with Gasteiger partial charge in [0, 0.05) is 49.9 Å². The molecule has 182 valence electrons. The number of nitrogens with zero attached hydrogens (tertiary/aromatic N) is 3. The van der Waals surface area contributed by atoms with Gasteiger partial charge in [-0.25, -0.2) is 0 Å². The van der Waals surface area contributed by atoms with Gasteiger partial charge in [0.2, 0.25) is 5.91 Å². The first-order valence-electron chi connectivity index (χ1n) is 12.1. The third kappa shape index (κ3) is 5.36. The highest BCUT2D eigenvalue weighted by molar-refractivity contribution is 5.94. The summed E-state index contributed by atoms with van der Waals surface area (Å²) in [6.07, 6.45) is 2.76. The van der Waals surface area contributed by atoms with Gasteiger partial charge in [0.05, 0.1) is 26.8 Å². The molecule has 0 spiro atoms. The fraction of sp³-hybridized carbons (Fsp3) is 0.481. The van der Waals surface area contributed by atoms with E-state index < -0.39 is 0 Å². The highest BCUT2D eigenvalue weighted by Gasteiger charge is 2.33. The van der Waals surface area contributed by atoms with Gasteiger partial charge in [-0.1, -0.05) is 17.7 Å². The van der Waals surface area contributed by atoms with E-state index in [2.05, 4.69) is 4.90 Å². The molecule has 2 aliphatic heterocycles. The van der Waals surface area contributed by atoms with Crippen LogP contribution in [0.5, 0.6) is 11.5 Å². The highest BCUT2D eigenvalue weighted by Crippen LogP contribution is 2.38. The van der Waals surface area contributed by atoms with Crippen LogP contribution in [-0.4, -0.2) is 80.0 Å². The zero-order valence-corrected chi connectivity index (χ0v) is 20.5. The first-order chi connectivity index (χ1) is 16.5. The average Bonchev–Trinajstić information content (AvgIpc) is 3.23. The Labute approximate surface area is 202 Å². The van der Waals surface area contributed by atoms with Crippen molar-refractivity contribution in [2.24, 2.45) is 0 Å². The largest absolute Gasteiger partial charge is 0.497 e. The first-order valence-corrected chi connectivity index (χ1v) is 12.1. The molecule has 2 aliphatic rings. The standard InChI is InChI=1S/C27H35N3O4/c1-20-7-4-8-21(17-20)27(32)29-13-6-12-28(15-16-29)19-26(31)30-14-5-9-24(30)23-11-10-22(33-2)18-25(23)34-3/h4,7-8,10-11,17-18,24H,5-6,9,12-16,19H2,1-3H3. The maximum absolute atomic E-state index is 13.3. The summed E-state index contributed by atoms with van der Waals surface area (Å²) in [6.45, 7) is 6.00. The van der Waals surface area contributed by atoms with Gasteiger partial charge in [-0.05, 0) is 50.5 Å². The monoisotopic (exact) mass is 465 g/mol. The molecule has 0 aromatic heterocycles. The zero-order chi connectivity index (χ0) is 24.1. The number of hydrogen-bond donors (Lipinski definition) is 0. The van der Waals surface area contributed by atoms with Crippen molar-refractivity contribution in [3.8, 4) is 11.5 Å². The molecular formula is C27H35N3O4. The Morgan fingerprint density at radius 2 is 1.79 bits per heavy atom. The van der Waals surface area contributed by atoms with Crippen LogP contribution >= 0.6 is 0 Å². The van der Waals surface area contributed by atoms with E-state index in [1.165, 1.54) is 0 Å². The second-order valence-corrected chi connectivity index (χ2v) is 9.14. The topological polar surface area (TPSA) is 62.3 Å². The number of ether oxygens (including phenoxy) is 2. The van der Waals surface area contributed by atoms with Crippen molar-refractivity contribution in [1.82, 2.24) is 14.7 Å². The minimum absolute atomic E-state index is 0.0136. The van der Waals surface area contributed by atoms with Crippen molar-refractivity contribution in [3.05, 3.63) is 59.2 Å². The lowest BCUT2D eigenvalue weighted by molar-refractivity contribution is -0.133. The molecule has 2 aromatic rings. The number of amides is 2. The summed E-state index contributed by atoms with van der Waals surface area (Å²) in [5, 5.41) is 0. The number of likely N-dealkylation sites (tertiary alicyclic amines) is 1. The fourth-order valence-electron chi connectivity index (χ4n) is 5.06. The fourth-order valence-corrected chi connectivity index (χ4v) is 5.06. The molecule has 1 unspecified atom stereocenters. The van der Waals surface area contributed by atoms with Crippen LogP contribution in [-0.2, 0) is 4.79 Å². The zero-order valence-electron chi connectivity index (χ0n) is 20.5. The Bertz CT molecular complexity index is 1020. The quantitative estimate of drug-likeness (QED) is 0.653. The summed E-state index contributed by atoms with van der Waals surface area (Å²) in [5.74, 6) is 1.71. The van der Waals surface area contributed by atoms with E-state index in [0.717, 1.165) is 60.5 Å². The van der Waals surface area contributed by atoms with Crippen molar-refractivity contribution < 1.29 is 19.1 Å². The van der Waals surface area contributed by atoms with Crippen LogP contribution < -0.4 is 9.47 Å². The molecule has 2 amide bonds. The molecule has 7 nitrogen and oxygen atoms in total. The minimum Gasteiger partial charge on any atom is -0.497 e. The molecule has 0 bridgehead atoms. The van der Waals surface area contributed by atoms with Crippen LogP contribution in [0, 0.1) is 6.92 Å². The number of aryl methyl sites for hydroxylation is 1. The molecule has 2 heterocycles. The first kappa shape index (κ1) is 24.1. The van der Waals surface area contributed by atoms with E-state index in [9.17, 15) is 9.59 Å². The number of carbonyl (C=O) groups is 2. The molecular weight excluding hydrogens is 430 g/mol. The van der Waals surface area contributed by atoms with Crippen LogP contribution in [0.4, 0.5) is 0 Å². The van der Waals surface area contributed by atoms with Crippen molar-refractivity contribution in [1.29, 1.82) is 0 Å². The summed E-state index contributed by atoms with van der Waals surface area (Å²) in [7, 11) is 3.29. The average molecular weight is 466 g/mol. The molecule has 4 rings (SSSR count). The van der Waals surface area contributed by atoms with E-state index in [-0.39, 0.29) is 17.9 Å². The third-order valence-electron chi connectivity index (χ3n) is 6.87. The number of methoxy groups -OCH3 is 2. The smallest absolute Gasteiger partial charge is 0.253 e. The van der Waals surface area contributed by atoms with Crippen molar-refractivity contribution in [2.75, 3.05) is 53.5 Å². The maximum atomic E-state index is 13.3. The Hall–Kier alpha value is -3.06. The van der Waals surface area contributed by atoms with Gasteiger partial charge in [0.15, 0.2) is 0 Å². The molecule has 2 aromatic carbocycles. The lowest BCUT2D eigenvalue weighted by Gasteiger charge is -2.29. The molecule has 0 aliphatic carbocycles. The molecule has 2 saturated heterocycles. The van der Waals surface area contributed by atoms with Crippen molar-refractivity contribution >= 4 is 11.8 Å². The minimum atomic E-state index is 0.0136. The molecule has 2 fully saturated rings. The molecule has 34 heavy (non-hydrogen) atoms. The number of hydrogen-bond acceptors (Lipinski definition) is 5. The number of benzene rings is 2.